The Morgan fingerprint density at radius 1 is 1.06 bits per heavy atom. The second-order valence-corrected chi connectivity index (χ2v) is 18.8. The van der Waals surface area contributed by atoms with Crippen molar-refractivity contribution in [2.24, 2.45) is 5.92 Å². The molecule has 1 N–H and O–H groups in total. The van der Waals surface area contributed by atoms with E-state index in [1.54, 1.807) is 5.57 Å². The molecule has 0 aliphatic carbocycles. The van der Waals surface area contributed by atoms with Crippen molar-refractivity contribution in [2.45, 2.75) is 58.3 Å². The van der Waals surface area contributed by atoms with Crippen molar-refractivity contribution in [3.8, 4) is 0 Å². The van der Waals surface area contributed by atoms with Crippen LogP contribution in [-0.4, -0.2) is 29.1 Å². The fraction of sp³-hybridized carbons (Fsp3) is 0.786. The molecule has 0 heterocycles. The number of hydrogen-bond acceptors (Lipinski definition) is 1. The van der Waals surface area contributed by atoms with Crippen molar-refractivity contribution >= 4 is 22.6 Å². The molecule has 0 aromatic rings. The maximum Gasteiger partial charge on any atom is 0.207 e. The fourth-order valence-electron chi connectivity index (χ4n) is 2.24. The summed E-state index contributed by atoms with van der Waals surface area (Å²) in [6.07, 6.45) is 3.20. The fourth-order valence-corrected chi connectivity index (χ4v) is 5.70. The van der Waals surface area contributed by atoms with E-state index in [9.17, 15) is 4.79 Å². The van der Waals surface area contributed by atoms with E-state index in [1.165, 1.54) is 12.1 Å². The van der Waals surface area contributed by atoms with Crippen LogP contribution in [0.15, 0.2) is 11.6 Å². The average molecular weight is 286 g/mol. The Hall–Kier alpha value is -0.356. The SMILES string of the molecule is CC(C=C(C[Si](C)(C)C)C[Si](C)(C)C)CNC=O. The van der Waals surface area contributed by atoms with Gasteiger partial charge >= 0.3 is 0 Å². The van der Waals surface area contributed by atoms with Crippen LogP contribution in [0, 0.1) is 5.92 Å². The van der Waals surface area contributed by atoms with Gasteiger partial charge in [0.15, 0.2) is 0 Å². The Morgan fingerprint density at radius 3 is 1.83 bits per heavy atom. The summed E-state index contributed by atoms with van der Waals surface area (Å²) < 4.78 is 0. The third-order valence-electron chi connectivity index (χ3n) is 2.56. The smallest absolute Gasteiger partial charge is 0.207 e. The Balaban J connectivity index is 4.73. The van der Waals surface area contributed by atoms with E-state index in [-0.39, 0.29) is 0 Å². The van der Waals surface area contributed by atoms with Crippen LogP contribution in [0.4, 0.5) is 0 Å². The van der Waals surface area contributed by atoms with Gasteiger partial charge in [-0.1, -0.05) is 57.9 Å². The summed E-state index contributed by atoms with van der Waals surface area (Å²) in [5, 5.41) is 2.78. The molecular weight excluding hydrogens is 254 g/mol. The Bertz CT molecular complexity index is 269. The van der Waals surface area contributed by atoms with Crippen LogP contribution in [-0.2, 0) is 4.79 Å². The van der Waals surface area contributed by atoms with Crippen LogP contribution in [0.25, 0.3) is 0 Å². The maximum atomic E-state index is 10.3. The molecule has 2 nitrogen and oxygen atoms in total. The van der Waals surface area contributed by atoms with Gasteiger partial charge in [0.25, 0.3) is 0 Å². The van der Waals surface area contributed by atoms with Gasteiger partial charge in [-0.25, -0.2) is 0 Å². The van der Waals surface area contributed by atoms with E-state index in [0.717, 1.165) is 13.0 Å². The molecule has 0 aromatic heterocycles. The Morgan fingerprint density at radius 2 is 1.50 bits per heavy atom. The number of allylic oxidation sites excluding steroid dienone is 1. The Kier molecular flexibility index (Phi) is 7.14. The van der Waals surface area contributed by atoms with E-state index in [4.69, 9.17) is 0 Å². The lowest BCUT2D eigenvalue weighted by Gasteiger charge is -2.25. The monoisotopic (exact) mass is 285 g/mol. The van der Waals surface area contributed by atoms with Crippen molar-refractivity contribution in [2.75, 3.05) is 6.54 Å². The molecule has 0 fully saturated rings. The second kappa shape index (κ2) is 7.29. The summed E-state index contributed by atoms with van der Waals surface area (Å²) >= 11 is 0. The number of hydrogen-bond donors (Lipinski definition) is 1. The van der Waals surface area contributed by atoms with Crippen molar-refractivity contribution in [1.29, 1.82) is 0 Å². The second-order valence-electron chi connectivity index (χ2n) is 7.80. The lowest BCUT2D eigenvalue weighted by atomic mass is 10.1. The molecule has 1 unspecified atom stereocenters. The zero-order valence-corrected chi connectivity index (χ0v) is 15.3. The van der Waals surface area contributed by atoms with Crippen LogP contribution in [0.3, 0.4) is 0 Å². The van der Waals surface area contributed by atoms with E-state index >= 15 is 0 Å². The van der Waals surface area contributed by atoms with Crippen molar-refractivity contribution < 1.29 is 4.79 Å². The molecule has 0 aliphatic rings. The van der Waals surface area contributed by atoms with E-state index in [2.05, 4.69) is 57.6 Å². The first kappa shape index (κ1) is 17.6. The van der Waals surface area contributed by atoms with Gasteiger partial charge in [-0.05, 0) is 18.0 Å². The Labute approximate surface area is 115 Å². The van der Waals surface area contributed by atoms with Gasteiger partial charge in [-0.15, -0.1) is 0 Å². The summed E-state index contributed by atoms with van der Waals surface area (Å²) in [6, 6.07) is 2.59. The highest BCUT2D eigenvalue weighted by Crippen LogP contribution is 2.26. The lowest BCUT2D eigenvalue weighted by Crippen LogP contribution is -2.26. The molecular formula is C14H31NOSi2. The standard InChI is InChI=1S/C14H31NOSi2/c1-13(9-15-12-16)8-14(10-17(2,3)4)11-18(5,6)7/h8,12-13H,9-11H2,1-7H3,(H,15,16). The van der Waals surface area contributed by atoms with Gasteiger partial charge in [-0.3, -0.25) is 4.79 Å². The normalized spacial score (nSPS) is 13.9. The van der Waals surface area contributed by atoms with E-state index in [1.807, 2.05) is 0 Å². The summed E-state index contributed by atoms with van der Waals surface area (Å²) in [6.45, 7) is 17.5. The van der Waals surface area contributed by atoms with Crippen LogP contribution < -0.4 is 5.32 Å². The molecule has 0 saturated carbocycles. The first-order chi connectivity index (χ1) is 8.03. The van der Waals surface area contributed by atoms with Crippen molar-refractivity contribution in [3.63, 3.8) is 0 Å². The van der Waals surface area contributed by atoms with Gasteiger partial charge in [0.2, 0.25) is 6.41 Å². The number of nitrogens with one attached hydrogen (secondary N) is 1. The minimum atomic E-state index is -1.05. The van der Waals surface area contributed by atoms with Gasteiger partial charge in [0.05, 0.1) is 0 Å². The van der Waals surface area contributed by atoms with Crippen LogP contribution >= 0.6 is 0 Å². The summed E-state index contributed by atoms with van der Waals surface area (Å²) in [5.41, 5.74) is 1.63. The minimum Gasteiger partial charge on any atom is -0.358 e. The molecule has 0 bridgehead atoms. The average Bonchev–Trinajstić information content (AvgIpc) is 2.08. The minimum absolute atomic E-state index is 0.442. The quantitative estimate of drug-likeness (QED) is 0.408. The summed E-state index contributed by atoms with van der Waals surface area (Å²) in [5.74, 6) is 0.442. The third-order valence-corrected chi connectivity index (χ3v) is 5.59. The van der Waals surface area contributed by atoms with E-state index < -0.39 is 16.1 Å². The molecule has 4 heteroatoms. The first-order valence-corrected chi connectivity index (χ1v) is 14.3. The van der Waals surface area contributed by atoms with E-state index in [0.29, 0.717) is 5.92 Å². The first-order valence-electron chi connectivity index (χ1n) is 6.90. The van der Waals surface area contributed by atoms with Gasteiger partial charge in [-0.2, -0.15) is 0 Å². The maximum absolute atomic E-state index is 10.3. The molecule has 0 saturated heterocycles. The van der Waals surface area contributed by atoms with Gasteiger partial charge in [0, 0.05) is 22.7 Å². The number of amides is 1. The third kappa shape index (κ3) is 10.8. The molecule has 0 radical (unpaired) electrons. The molecule has 106 valence electrons. The number of carbonyl (C=O) groups excluding carboxylic acids is 1. The highest BCUT2D eigenvalue weighted by Gasteiger charge is 2.21. The van der Waals surface area contributed by atoms with Crippen molar-refractivity contribution in [1.82, 2.24) is 5.32 Å². The predicted molar refractivity (Wildman–Crippen MR) is 87.6 cm³/mol. The van der Waals surface area contributed by atoms with Crippen LogP contribution in [0.1, 0.15) is 6.92 Å². The van der Waals surface area contributed by atoms with Gasteiger partial charge < -0.3 is 5.32 Å². The molecule has 18 heavy (non-hydrogen) atoms. The largest absolute Gasteiger partial charge is 0.358 e. The van der Waals surface area contributed by atoms with Gasteiger partial charge in [0.1, 0.15) is 0 Å². The van der Waals surface area contributed by atoms with Crippen molar-refractivity contribution in [3.05, 3.63) is 11.6 Å². The number of rotatable bonds is 8. The summed E-state index contributed by atoms with van der Waals surface area (Å²) in [4.78, 5) is 10.3. The zero-order chi connectivity index (χ0) is 14.4. The summed E-state index contributed by atoms with van der Waals surface area (Å²) in [7, 11) is -2.11. The topological polar surface area (TPSA) is 29.1 Å². The molecule has 1 atom stereocenters. The molecule has 0 aliphatic heterocycles. The van der Waals surface area contributed by atoms with Crippen LogP contribution in [0.2, 0.25) is 51.4 Å². The number of carbonyl (C=O) groups is 1. The molecule has 0 rings (SSSR count). The highest BCUT2D eigenvalue weighted by molar-refractivity contribution is 6.78. The molecule has 0 spiro atoms. The predicted octanol–water partition coefficient (Wildman–Crippen LogP) is 3.97. The zero-order valence-electron chi connectivity index (χ0n) is 13.3. The van der Waals surface area contributed by atoms with Crippen LogP contribution in [0.5, 0.6) is 0 Å². The lowest BCUT2D eigenvalue weighted by molar-refractivity contribution is -0.109. The molecule has 0 aromatic carbocycles. The highest BCUT2D eigenvalue weighted by atomic mass is 28.3. The molecule has 1 amide bonds.